The van der Waals surface area contributed by atoms with Crippen LogP contribution in [-0.2, 0) is 6.61 Å². The Kier molecular flexibility index (Phi) is 7.97. The van der Waals surface area contributed by atoms with Gasteiger partial charge in [-0.1, -0.05) is 38.1 Å². The number of nitrogens with zero attached hydrogens (tertiary/aromatic N) is 1. The van der Waals surface area contributed by atoms with Crippen molar-refractivity contribution >= 4 is 12.1 Å². The zero-order valence-corrected chi connectivity index (χ0v) is 19.5. The fraction of sp³-hybridized carbons (Fsp3) is 0.231. The first-order chi connectivity index (χ1) is 16.3. The minimum absolute atomic E-state index is 0.146. The fourth-order valence-corrected chi connectivity index (χ4v) is 3.17. The highest BCUT2D eigenvalue weighted by Gasteiger charge is 2.14. The molecule has 0 unspecified atom stereocenters. The van der Waals surface area contributed by atoms with E-state index in [2.05, 4.69) is 36.5 Å². The van der Waals surface area contributed by atoms with Crippen molar-refractivity contribution in [3.05, 3.63) is 76.9 Å². The monoisotopic (exact) mass is 464 g/mol. The third-order valence-corrected chi connectivity index (χ3v) is 5.13. The molecule has 178 valence electrons. The van der Waals surface area contributed by atoms with Crippen molar-refractivity contribution in [2.75, 3.05) is 14.2 Å². The predicted octanol–water partition coefficient (Wildman–Crippen LogP) is 4.58. The number of aromatic hydroxyl groups is 2. The number of amides is 1. The molecule has 0 heterocycles. The zero-order valence-electron chi connectivity index (χ0n) is 19.5. The molecule has 0 spiro atoms. The summed E-state index contributed by atoms with van der Waals surface area (Å²) in [6.45, 7) is 4.64. The third-order valence-electron chi connectivity index (χ3n) is 5.13. The molecule has 0 radical (unpaired) electrons. The van der Waals surface area contributed by atoms with Gasteiger partial charge >= 0.3 is 0 Å². The topological polar surface area (TPSA) is 110 Å². The second-order valence-electron chi connectivity index (χ2n) is 7.84. The van der Waals surface area contributed by atoms with E-state index in [4.69, 9.17) is 14.2 Å². The molecular formula is C26H28N2O6. The highest BCUT2D eigenvalue weighted by molar-refractivity contribution is 5.95. The first-order valence-electron chi connectivity index (χ1n) is 10.7. The van der Waals surface area contributed by atoms with Gasteiger partial charge in [-0.05, 0) is 47.4 Å². The van der Waals surface area contributed by atoms with Gasteiger partial charge < -0.3 is 24.4 Å². The lowest BCUT2D eigenvalue weighted by Crippen LogP contribution is -2.17. The van der Waals surface area contributed by atoms with Crippen molar-refractivity contribution in [2.24, 2.45) is 5.10 Å². The molecule has 0 aliphatic heterocycles. The average molecular weight is 465 g/mol. The minimum Gasteiger partial charge on any atom is -0.504 e. The summed E-state index contributed by atoms with van der Waals surface area (Å²) >= 11 is 0. The first-order valence-corrected chi connectivity index (χ1v) is 10.7. The summed E-state index contributed by atoms with van der Waals surface area (Å²) in [7, 11) is 3.05. The van der Waals surface area contributed by atoms with Gasteiger partial charge in [0.25, 0.3) is 5.91 Å². The number of carbonyl (C=O) groups excluding carboxylic acids is 1. The molecule has 3 N–H and O–H groups in total. The van der Waals surface area contributed by atoms with E-state index < -0.39 is 11.7 Å². The van der Waals surface area contributed by atoms with Gasteiger partial charge in [0.2, 0.25) is 5.75 Å². The van der Waals surface area contributed by atoms with E-state index in [1.807, 2.05) is 12.1 Å². The van der Waals surface area contributed by atoms with Gasteiger partial charge in [0.1, 0.15) is 6.61 Å². The van der Waals surface area contributed by atoms with Crippen molar-refractivity contribution in [1.29, 1.82) is 0 Å². The molecule has 0 aromatic heterocycles. The quantitative estimate of drug-likeness (QED) is 0.243. The van der Waals surface area contributed by atoms with Crippen LogP contribution in [0, 0.1) is 0 Å². The SMILES string of the molecule is COc1cc(/C=N/NC(=O)c2ccc(O)c(O)c2)cc(OC)c1OCc1ccc(C(C)C)cc1. The van der Waals surface area contributed by atoms with Gasteiger partial charge in [-0.25, -0.2) is 5.43 Å². The number of hydrogen-bond acceptors (Lipinski definition) is 7. The normalized spacial score (nSPS) is 11.0. The van der Waals surface area contributed by atoms with E-state index in [0.717, 1.165) is 11.6 Å². The molecule has 0 fully saturated rings. The lowest BCUT2D eigenvalue weighted by molar-refractivity contribution is 0.0954. The molecule has 1 amide bonds. The van der Waals surface area contributed by atoms with E-state index in [9.17, 15) is 15.0 Å². The number of benzene rings is 3. The molecule has 0 saturated carbocycles. The molecule has 3 aromatic carbocycles. The average Bonchev–Trinajstić information content (AvgIpc) is 2.84. The van der Waals surface area contributed by atoms with Crippen molar-refractivity contribution < 1.29 is 29.2 Å². The Morgan fingerprint density at radius 3 is 2.18 bits per heavy atom. The number of hydrogen-bond donors (Lipinski definition) is 3. The fourth-order valence-electron chi connectivity index (χ4n) is 3.17. The maximum atomic E-state index is 12.2. The molecule has 0 atom stereocenters. The van der Waals surface area contributed by atoms with Crippen molar-refractivity contribution in [3.8, 4) is 28.7 Å². The van der Waals surface area contributed by atoms with Gasteiger partial charge in [-0.2, -0.15) is 5.10 Å². The smallest absolute Gasteiger partial charge is 0.271 e. The molecule has 0 bridgehead atoms. The molecule has 3 aromatic rings. The van der Waals surface area contributed by atoms with Crippen LogP contribution >= 0.6 is 0 Å². The van der Waals surface area contributed by atoms with E-state index in [-0.39, 0.29) is 11.3 Å². The molecule has 8 nitrogen and oxygen atoms in total. The molecule has 0 aliphatic rings. The Hall–Kier alpha value is -4.20. The molecule has 3 rings (SSSR count). The van der Waals surface area contributed by atoms with Gasteiger partial charge in [-0.15, -0.1) is 0 Å². The number of rotatable bonds is 9. The van der Waals surface area contributed by atoms with Gasteiger partial charge in [0.05, 0.1) is 20.4 Å². The Balaban J connectivity index is 1.72. The van der Waals surface area contributed by atoms with E-state index in [0.29, 0.717) is 35.3 Å². The summed E-state index contributed by atoms with van der Waals surface area (Å²) in [5, 5.41) is 22.8. The number of ether oxygens (including phenoxy) is 3. The summed E-state index contributed by atoms with van der Waals surface area (Å²) in [4.78, 5) is 12.2. The summed E-state index contributed by atoms with van der Waals surface area (Å²) < 4.78 is 17.0. The zero-order chi connectivity index (χ0) is 24.7. The summed E-state index contributed by atoms with van der Waals surface area (Å²) in [5.74, 6) is 0.574. The maximum Gasteiger partial charge on any atom is 0.271 e. The van der Waals surface area contributed by atoms with Crippen LogP contribution < -0.4 is 19.6 Å². The Morgan fingerprint density at radius 2 is 1.62 bits per heavy atom. The summed E-state index contributed by atoms with van der Waals surface area (Å²) in [6.07, 6.45) is 1.43. The van der Waals surface area contributed by atoms with Crippen LogP contribution in [0.2, 0.25) is 0 Å². The van der Waals surface area contributed by atoms with Crippen molar-refractivity contribution in [2.45, 2.75) is 26.4 Å². The maximum absolute atomic E-state index is 12.2. The molecule has 0 saturated heterocycles. The Labute approximate surface area is 198 Å². The van der Waals surface area contributed by atoms with Gasteiger partial charge in [0.15, 0.2) is 23.0 Å². The van der Waals surface area contributed by atoms with Crippen LogP contribution in [0.3, 0.4) is 0 Å². The standard InChI is InChI=1S/C26H28N2O6/c1-16(2)19-7-5-17(6-8-19)15-34-25-23(32-3)11-18(12-24(25)33-4)14-27-28-26(31)20-9-10-21(29)22(30)13-20/h5-14,16,29-30H,15H2,1-4H3,(H,28,31)/b27-14+. The Morgan fingerprint density at radius 1 is 0.971 bits per heavy atom. The van der Waals surface area contributed by atoms with Crippen LogP contribution in [-0.4, -0.2) is 36.6 Å². The molecule has 0 aliphatic carbocycles. The lowest BCUT2D eigenvalue weighted by atomic mass is 10.0. The van der Waals surface area contributed by atoms with E-state index >= 15 is 0 Å². The summed E-state index contributed by atoms with van der Waals surface area (Å²) in [6, 6.07) is 15.4. The van der Waals surface area contributed by atoms with E-state index in [1.54, 1.807) is 12.1 Å². The number of hydrazone groups is 1. The molecular weight excluding hydrogens is 436 g/mol. The minimum atomic E-state index is -0.547. The highest BCUT2D eigenvalue weighted by Crippen LogP contribution is 2.38. The second kappa shape index (κ2) is 11.1. The number of phenolic OH excluding ortho intramolecular Hbond substituents is 2. The lowest BCUT2D eigenvalue weighted by Gasteiger charge is -2.15. The largest absolute Gasteiger partial charge is 0.504 e. The summed E-state index contributed by atoms with van der Waals surface area (Å²) in [5.41, 5.74) is 5.40. The van der Waals surface area contributed by atoms with Crippen LogP contribution in [0.15, 0.2) is 59.7 Å². The van der Waals surface area contributed by atoms with Crippen LogP contribution in [0.4, 0.5) is 0 Å². The third kappa shape index (κ3) is 5.98. The number of carbonyl (C=O) groups is 1. The van der Waals surface area contributed by atoms with Crippen LogP contribution in [0.1, 0.15) is 46.8 Å². The number of methoxy groups -OCH3 is 2. The number of phenols is 2. The molecule has 8 heteroatoms. The van der Waals surface area contributed by atoms with Crippen molar-refractivity contribution in [1.82, 2.24) is 5.43 Å². The predicted molar refractivity (Wildman–Crippen MR) is 129 cm³/mol. The highest BCUT2D eigenvalue weighted by atomic mass is 16.5. The number of nitrogens with one attached hydrogen (secondary N) is 1. The van der Waals surface area contributed by atoms with Crippen molar-refractivity contribution in [3.63, 3.8) is 0 Å². The first kappa shape index (κ1) is 24.4. The Bertz CT molecular complexity index is 1150. The van der Waals surface area contributed by atoms with Crippen LogP contribution in [0.25, 0.3) is 0 Å². The van der Waals surface area contributed by atoms with Gasteiger partial charge in [0, 0.05) is 11.1 Å². The van der Waals surface area contributed by atoms with Gasteiger partial charge in [-0.3, -0.25) is 4.79 Å². The van der Waals surface area contributed by atoms with E-state index in [1.165, 1.54) is 38.1 Å². The molecule has 34 heavy (non-hydrogen) atoms. The second-order valence-corrected chi connectivity index (χ2v) is 7.84. The van der Waals surface area contributed by atoms with Crippen LogP contribution in [0.5, 0.6) is 28.7 Å².